The lowest BCUT2D eigenvalue weighted by Gasteiger charge is -2.37. The van der Waals surface area contributed by atoms with Crippen LogP contribution < -0.4 is 10.2 Å². The molecule has 0 bridgehead atoms. The standard InChI is InChI=1S/C16H25ClN2/c1-4-18-9-14-5-6-16(15(17)8-14)19-10-12(2)7-13(3)11-19/h5-6,8,12-13,18H,4,7,9-11H2,1-3H3. The van der Waals surface area contributed by atoms with Gasteiger partial charge in [0.15, 0.2) is 0 Å². The Morgan fingerprint density at radius 2 is 1.95 bits per heavy atom. The van der Waals surface area contributed by atoms with Crippen LogP contribution in [0.2, 0.25) is 5.02 Å². The van der Waals surface area contributed by atoms with Gasteiger partial charge in [-0.05, 0) is 42.5 Å². The molecule has 106 valence electrons. The maximum atomic E-state index is 6.47. The minimum absolute atomic E-state index is 0.751. The Morgan fingerprint density at radius 1 is 1.26 bits per heavy atom. The first-order valence-corrected chi connectivity index (χ1v) is 7.72. The lowest BCUT2D eigenvalue weighted by atomic mass is 9.91. The van der Waals surface area contributed by atoms with Crippen molar-refractivity contribution >= 4 is 17.3 Å². The molecule has 0 spiro atoms. The summed E-state index contributed by atoms with van der Waals surface area (Å²) < 4.78 is 0. The van der Waals surface area contributed by atoms with Crippen LogP contribution in [0.4, 0.5) is 5.69 Å². The van der Waals surface area contributed by atoms with Crippen LogP contribution in [0.1, 0.15) is 32.8 Å². The third-order valence-electron chi connectivity index (χ3n) is 3.80. The van der Waals surface area contributed by atoms with Crippen LogP contribution in [0, 0.1) is 11.8 Å². The quantitative estimate of drug-likeness (QED) is 0.899. The van der Waals surface area contributed by atoms with Crippen molar-refractivity contribution in [1.29, 1.82) is 0 Å². The lowest BCUT2D eigenvalue weighted by molar-refractivity contribution is 0.357. The van der Waals surface area contributed by atoms with Gasteiger partial charge in [-0.15, -0.1) is 0 Å². The Morgan fingerprint density at radius 3 is 2.53 bits per heavy atom. The van der Waals surface area contributed by atoms with Crippen molar-refractivity contribution in [2.75, 3.05) is 24.5 Å². The van der Waals surface area contributed by atoms with Crippen LogP contribution in [-0.2, 0) is 6.54 Å². The van der Waals surface area contributed by atoms with Crippen LogP contribution in [0.5, 0.6) is 0 Å². The highest BCUT2D eigenvalue weighted by molar-refractivity contribution is 6.33. The van der Waals surface area contributed by atoms with Gasteiger partial charge in [-0.2, -0.15) is 0 Å². The van der Waals surface area contributed by atoms with Gasteiger partial charge in [-0.3, -0.25) is 0 Å². The van der Waals surface area contributed by atoms with Gasteiger partial charge in [0.05, 0.1) is 10.7 Å². The molecule has 0 amide bonds. The van der Waals surface area contributed by atoms with Gasteiger partial charge >= 0.3 is 0 Å². The highest BCUT2D eigenvalue weighted by atomic mass is 35.5. The molecule has 2 atom stereocenters. The van der Waals surface area contributed by atoms with Gasteiger partial charge in [0.2, 0.25) is 0 Å². The van der Waals surface area contributed by atoms with E-state index in [1.807, 2.05) is 0 Å². The Bertz CT molecular complexity index is 409. The monoisotopic (exact) mass is 280 g/mol. The number of halogens is 1. The molecule has 3 heteroatoms. The maximum absolute atomic E-state index is 6.47. The molecule has 0 saturated carbocycles. The second kappa shape index (κ2) is 6.62. The normalized spacial score (nSPS) is 23.7. The highest BCUT2D eigenvalue weighted by Gasteiger charge is 2.23. The van der Waals surface area contributed by atoms with Crippen molar-refractivity contribution in [2.24, 2.45) is 11.8 Å². The number of benzene rings is 1. The molecule has 1 aromatic rings. The molecule has 2 nitrogen and oxygen atoms in total. The molecule has 1 aromatic carbocycles. The van der Waals surface area contributed by atoms with Crippen molar-refractivity contribution in [3.05, 3.63) is 28.8 Å². The molecular formula is C16H25ClN2. The van der Waals surface area contributed by atoms with Gasteiger partial charge in [0.1, 0.15) is 0 Å². The van der Waals surface area contributed by atoms with E-state index >= 15 is 0 Å². The van der Waals surface area contributed by atoms with E-state index in [1.165, 1.54) is 17.7 Å². The van der Waals surface area contributed by atoms with Crippen LogP contribution in [0.3, 0.4) is 0 Å². The number of rotatable bonds is 4. The van der Waals surface area contributed by atoms with E-state index in [9.17, 15) is 0 Å². The van der Waals surface area contributed by atoms with Crippen molar-refractivity contribution in [3.63, 3.8) is 0 Å². The SMILES string of the molecule is CCNCc1ccc(N2CC(C)CC(C)C2)c(Cl)c1. The fraction of sp³-hybridized carbons (Fsp3) is 0.625. The highest BCUT2D eigenvalue weighted by Crippen LogP contribution is 2.32. The van der Waals surface area contributed by atoms with Gasteiger partial charge < -0.3 is 10.2 Å². The summed E-state index contributed by atoms with van der Waals surface area (Å²) >= 11 is 6.47. The molecule has 0 aromatic heterocycles. The summed E-state index contributed by atoms with van der Waals surface area (Å²) in [6.45, 7) is 10.9. The molecule has 0 aliphatic carbocycles. The fourth-order valence-corrected chi connectivity index (χ4v) is 3.37. The Balaban J connectivity index is 2.11. The molecule has 1 aliphatic rings. The smallest absolute Gasteiger partial charge is 0.0642 e. The van der Waals surface area contributed by atoms with E-state index in [0.29, 0.717) is 0 Å². The first kappa shape index (κ1) is 14.7. The van der Waals surface area contributed by atoms with E-state index < -0.39 is 0 Å². The van der Waals surface area contributed by atoms with Gasteiger partial charge in [-0.25, -0.2) is 0 Å². The first-order chi connectivity index (χ1) is 9.10. The minimum atomic E-state index is 0.751. The molecular weight excluding hydrogens is 256 g/mol. The van der Waals surface area contributed by atoms with Gasteiger partial charge in [0, 0.05) is 19.6 Å². The zero-order chi connectivity index (χ0) is 13.8. The molecule has 1 N–H and O–H groups in total. The minimum Gasteiger partial charge on any atom is -0.370 e. The summed E-state index contributed by atoms with van der Waals surface area (Å²) in [5.41, 5.74) is 2.45. The number of nitrogens with zero attached hydrogens (tertiary/aromatic N) is 1. The van der Waals surface area contributed by atoms with E-state index in [4.69, 9.17) is 11.6 Å². The summed E-state index contributed by atoms with van der Waals surface area (Å²) in [4.78, 5) is 2.44. The topological polar surface area (TPSA) is 15.3 Å². The van der Waals surface area contributed by atoms with Crippen molar-refractivity contribution in [1.82, 2.24) is 5.32 Å². The van der Waals surface area contributed by atoms with Crippen LogP contribution >= 0.6 is 11.6 Å². The largest absolute Gasteiger partial charge is 0.370 e. The second-order valence-corrected chi connectivity index (χ2v) is 6.32. The van der Waals surface area contributed by atoms with E-state index in [-0.39, 0.29) is 0 Å². The van der Waals surface area contributed by atoms with E-state index in [0.717, 1.165) is 43.0 Å². The summed E-state index contributed by atoms with van der Waals surface area (Å²) in [6, 6.07) is 6.47. The molecule has 19 heavy (non-hydrogen) atoms. The predicted octanol–water partition coefficient (Wildman–Crippen LogP) is 3.93. The number of hydrogen-bond donors (Lipinski definition) is 1. The van der Waals surface area contributed by atoms with Crippen molar-refractivity contribution in [3.8, 4) is 0 Å². The zero-order valence-electron chi connectivity index (χ0n) is 12.2. The van der Waals surface area contributed by atoms with Crippen LogP contribution in [0.15, 0.2) is 18.2 Å². The van der Waals surface area contributed by atoms with Gasteiger partial charge in [-0.1, -0.05) is 38.4 Å². The van der Waals surface area contributed by atoms with Crippen molar-refractivity contribution in [2.45, 2.75) is 33.7 Å². The average molecular weight is 281 g/mol. The number of nitrogens with one attached hydrogen (secondary N) is 1. The number of anilines is 1. The molecule has 1 saturated heterocycles. The van der Waals surface area contributed by atoms with Crippen LogP contribution in [0.25, 0.3) is 0 Å². The fourth-order valence-electron chi connectivity index (χ4n) is 3.05. The summed E-state index contributed by atoms with van der Waals surface area (Å²) in [5.74, 6) is 1.50. The molecule has 1 heterocycles. The number of piperidine rings is 1. The molecule has 1 fully saturated rings. The van der Waals surface area contributed by atoms with E-state index in [2.05, 4.69) is 49.2 Å². The Kier molecular flexibility index (Phi) is 5.12. The average Bonchev–Trinajstić information content (AvgIpc) is 2.35. The van der Waals surface area contributed by atoms with E-state index in [1.54, 1.807) is 0 Å². The molecule has 1 aliphatic heterocycles. The van der Waals surface area contributed by atoms with Crippen molar-refractivity contribution < 1.29 is 0 Å². The molecule has 0 radical (unpaired) electrons. The predicted molar refractivity (Wildman–Crippen MR) is 84.0 cm³/mol. The maximum Gasteiger partial charge on any atom is 0.0642 e. The summed E-state index contributed by atoms with van der Waals surface area (Å²) in [6.07, 6.45) is 1.33. The summed E-state index contributed by atoms with van der Waals surface area (Å²) in [5, 5.41) is 4.22. The Hall–Kier alpha value is -0.730. The Labute approximate surface area is 122 Å². The third kappa shape index (κ3) is 3.87. The van der Waals surface area contributed by atoms with Gasteiger partial charge in [0.25, 0.3) is 0 Å². The summed E-state index contributed by atoms with van der Waals surface area (Å²) in [7, 11) is 0. The first-order valence-electron chi connectivity index (χ1n) is 7.34. The molecule has 2 unspecified atom stereocenters. The third-order valence-corrected chi connectivity index (χ3v) is 4.10. The zero-order valence-corrected chi connectivity index (χ0v) is 13.0. The molecule has 2 rings (SSSR count). The van der Waals surface area contributed by atoms with Crippen LogP contribution in [-0.4, -0.2) is 19.6 Å². The lowest BCUT2D eigenvalue weighted by Crippen LogP contribution is -2.38. The second-order valence-electron chi connectivity index (χ2n) is 5.92. The number of hydrogen-bond acceptors (Lipinski definition) is 2.